The maximum absolute atomic E-state index is 11.1. The Morgan fingerprint density at radius 2 is 2.30 bits per heavy atom. The summed E-state index contributed by atoms with van der Waals surface area (Å²) in [7, 11) is 1.23. The molecule has 0 unspecified atom stereocenters. The molecule has 10 heteroatoms. The predicted molar refractivity (Wildman–Crippen MR) is 63.6 cm³/mol. The minimum atomic E-state index is -0.585. The van der Waals surface area contributed by atoms with E-state index in [2.05, 4.69) is 20.0 Å². The summed E-state index contributed by atoms with van der Waals surface area (Å²) in [5.41, 5.74) is -0.263. The molecule has 0 fully saturated rings. The standard InChI is InChI=1S/C10H11N5O5/c1-3-14-5-6(15(17)18)9(13-14)10-12-11-7(20-10)4-8(16)19-2/h5H,3-4H2,1-2H3. The van der Waals surface area contributed by atoms with Crippen molar-refractivity contribution in [3.63, 3.8) is 0 Å². The van der Waals surface area contributed by atoms with E-state index in [1.54, 1.807) is 6.92 Å². The first-order valence-electron chi connectivity index (χ1n) is 5.66. The Morgan fingerprint density at radius 1 is 1.55 bits per heavy atom. The fourth-order valence-electron chi connectivity index (χ4n) is 1.48. The fraction of sp³-hybridized carbons (Fsp3) is 0.400. The van der Waals surface area contributed by atoms with Crippen molar-refractivity contribution in [2.24, 2.45) is 0 Å². The molecule has 2 heterocycles. The van der Waals surface area contributed by atoms with Gasteiger partial charge in [-0.05, 0) is 6.92 Å². The third-order valence-corrected chi connectivity index (χ3v) is 2.46. The lowest BCUT2D eigenvalue weighted by Crippen LogP contribution is -2.04. The molecule has 2 aromatic heterocycles. The molecule has 20 heavy (non-hydrogen) atoms. The molecule has 0 bridgehead atoms. The average molecular weight is 281 g/mol. The molecular formula is C10H11N5O5. The largest absolute Gasteiger partial charge is 0.469 e. The minimum Gasteiger partial charge on any atom is -0.469 e. The molecule has 2 aromatic rings. The molecule has 10 nitrogen and oxygen atoms in total. The van der Waals surface area contributed by atoms with Crippen LogP contribution in [0.5, 0.6) is 0 Å². The maximum Gasteiger partial charge on any atom is 0.320 e. The molecule has 0 atom stereocenters. The summed E-state index contributed by atoms with van der Waals surface area (Å²) in [6.07, 6.45) is 1.07. The zero-order valence-corrected chi connectivity index (χ0v) is 10.8. The van der Waals surface area contributed by atoms with Crippen molar-refractivity contribution in [2.45, 2.75) is 19.9 Å². The van der Waals surface area contributed by atoms with Gasteiger partial charge in [0.2, 0.25) is 11.6 Å². The number of ether oxygens (including phenoxy) is 1. The van der Waals surface area contributed by atoms with Crippen LogP contribution in [0.1, 0.15) is 12.8 Å². The summed E-state index contributed by atoms with van der Waals surface area (Å²) < 4.78 is 11.0. The molecule has 0 aliphatic rings. The second-order valence-corrected chi connectivity index (χ2v) is 3.73. The Kier molecular flexibility index (Phi) is 3.73. The van der Waals surface area contributed by atoms with Crippen LogP contribution in [0.2, 0.25) is 0 Å². The summed E-state index contributed by atoms with van der Waals surface area (Å²) in [6, 6.07) is 0. The molecular weight excluding hydrogens is 270 g/mol. The summed E-state index contributed by atoms with van der Waals surface area (Å²) in [5, 5.41) is 22.2. The van der Waals surface area contributed by atoms with Crippen LogP contribution in [-0.4, -0.2) is 38.0 Å². The van der Waals surface area contributed by atoms with E-state index in [1.165, 1.54) is 18.0 Å². The van der Waals surface area contributed by atoms with E-state index < -0.39 is 10.9 Å². The van der Waals surface area contributed by atoms with Crippen LogP contribution in [-0.2, 0) is 22.5 Å². The predicted octanol–water partition coefficient (Wildman–Crippen LogP) is 0.577. The van der Waals surface area contributed by atoms with Crippen molar-refractivity contribution in [3.05, 3.63) is 22.2 Å². The lowest BCUT2D eigenvalue weighted by atomic mass is 10.4. The highest BCUT2D eigenvalue weighted by atomic mass is 16.6. The Balaban J connectivity index is 2.34. The van der Waals surface area contributed by atoms with Crippen molar-refractivity contribution >= 4 is 11.7 Å². The molecule has 0 aromatic carbocycles. The first kappa shape index (κ1) is 13.6. The van der Waals surface area contributed by atoms with Gasteiger partial charge in [-0.3, -0.25) is 19.6 Å². The van der Waals surface area contributed by atoms with Crippen LogP contribution >= 0.6 is 0 Å². The molecule has 0 amide bonds. The Hall–Kier alpha value is -2.78. The maximum atomic E-state index is 11.1. The van der Waals surface area contributed by atoms with E-state index in [4.69, 9.17) is 4.42 Å². The van der Waals surface area contributed by atoms with Crippen molar-refractivity contribution < 1.29 is 18.9 Å². The van der Waals surface area contributed by atoms with Crippen LogP contribution in [0.4, 0.5) is 5.69 Å². The third kappa shape index (κ3) is 2.63. The molecule has 106 valence electrons. The summed E-state index contributed by atoms with van der Waals surface area (Å²) >= 11 is 0. The Labute approximate surface area is 112 Å². The molecule has 0 aliphatic heterocycles. The number of hydrogen-bond donors (Lipinski definition) is 0. The van der Waals surface area contributed by atoms with Crippen molar-refractivity contribution in [1.82, 2.24) is 20.0 Å². The molecule has 0 saturated heterocycles. The smallest absolute Gasteiger partial charge is 0.320 e. The van der Waals surface area contributed by atoms with Gasteiger partial charge in [0, 0.05) is 6.54 Å². The van der Waals surface area contributed by atoms with Gasteiger partial charge in [-0.2, -0.15) is 5.10 Å². The number of nitrogens with zero attached hydrogens (tertiary/aromatic N) is 5. The second-order valence-electron chi connectivity index (χ2n) is 3.73. The van der Waals surface area contributed by atoms with Crippen LogP contribution in [0, 0.1) is 10.1 Å². The molecule has 0 aliphatic carbocycles. The Bertz CT molecular complexity index is 646. The number of aromatic nitrogens is 4. The van der Waals surface area contributed by atoms with Crippen LogP contribution < -0.4 is 0 Å². The van der Waals surface area contributed by atoms with Gasteiger partial charge in [-0.15, -0.1) is 10.2 Å². The molecule has 0 spiro atoms. The quantitative estimate of drug-likeness (QED) is 0.442. The zero-order chi connectivity index (χ0) is 14.7. The number of carbonyl (C=O) groups is 1. The summed E-state index contributed by atoms with van der Waals surface area (Å²) in [6.45, 7) is 2.25. The highest BCUT2D eigenvalue weighted by Gasteiger charge is 2.25. The topological polar surface area (TPSA) is 126 Å². The van der Waals surface area contributed by atoms with Crippen molar-refractivity contribution in [2.75, 3.05) is 7.11 Å². The van der Waals surface area contributed by atoms with Gasteiger partial charge in [0.25, 0.3) is 5.89 Å². The lowest BCUT2D eigenvalue weighted by Gasteiger charge is -1.92. The first-order chi connectivity index (χ1) is 9.55. The van der Waals surface area contributed by atoms with E-state index >= 15 is 0 Å². The number of esters is 1. The summed E-state index contributed by atoms with van der Waals surface area (Å²) in [4.78, 5) is 21.4. The van der Waals surface area contributed by atoms with Crippen molar-refractivity contribution in [3.8, 4) is 11.6 Å². The zero-order valence-electron chi connectivity index (χ0n) is 10.8. The van der Waals surface area contributed by atoms with Crippen LogP contribution in [0.3, 0.4) is 0 Å². The molecule has 0 saturated carbocycles. The molecule has 0 radical (unpaired) electrons. The van der Waals surface area contributed by atoms with E-state index in [0.717, 1.165) is 0 Å². The van der Waals surface area contributed by atoms with Gasteiger partial charge in [0.1, 0.15) is 12.6 Å². The fourth-order valence-corrected chi connectivity index (χ4v) is 1.48. The van der Waals surface area contributed by atoms with Gasteiger partial charge >= 0.3 is 11.7 Å². The van der Waals surface area contributed by atoms with Gasteiger partial charge in [-0.25, -0.2) is 0 Å². The molecule has 2 rings (SSSR count). The minimum absolute atomic E-state index is 0.00666. The van der Waals surface area contributed by atoms with Crippen LogP contribution in [0.25, 0.3) is 11.6 Å². The normalized spacial score (nSPS) is 10.5. The van der Waals surface area contributed by atoms with E-state index in [9.17, 15) is 14.9 Å². The van der Waals surface area contributed by atoms with E-state index in [-0.39, 0.29) is 29.6 Å². The second kappa shape index (κ2) is 5.47. The number of carbonyl (C=O) groups excluding carboxylic acids is 1. The molecule has 0 N–H and O–H groups in total. The Morgan fingerprint density at radius 3 is 2.90 bits per heavy atom. The number of nitro groups is 1. The van der Waals surface area contributed by atoms with Crippen molar-refractivity contribution in [1.29, 1.82) is 0 Å². The highest BCUT2D eigenvalue weighted by molar-refractivity contribution is 5.71. The third-order valence-electron chi connectivity index (χ3n) is 2.46. The van der Waals surface area contributed by atoms with Gasteiger partial charge < -0.3 is 9.15 Å². The van der Waals surface area contributed by atoms with Gasteiger partial charge in [-0.1, -0.05) is 0 Å². The average Bonchev–Trinajstić information content (AvgIpc) is 3.04. The monoisotopic (exact) mass is 281 g/mol. The SMILES string of the molecule is CCn1cc([N+](=O)[O-])c(-c2nnc(CC(=O)OC)o2)n1. The summed E-state index contributed by atoms with van der Waals surface area (Å²) in [5.74, 6) is -0.649. The number of rotatable bonds is 5. The van der Waals surface area contributed by atoms with E-state index in [0.29, 0.717) is 6.54 Å². The first-order valence-corrected chi connectivity index (χ1v) is 5.66. The highest BCUT2D eigenvalue weighted by Crippen LogP contribution is 2.27. The van der Waals surface area contributed by atoms with Crippen LogP contribution in [0.15, 0.2) is 10.6 Å². The van der Waals surface area contributed by atoms with Gasteiger partial charge in [0.05, 0.1) is 12.0 Å². The lowest BCUT2D eigenvalue weighted by molar-refractivity contribution is -0.384. The van der Waals surface area contributed by atoms with Gasteiger partial charge in [0.15, 0.2) is 0 Å². The number of aryl methyl sites for hydroxylation is 1. The number of hydrogen-bond acceptors (Lipinski definition) is 8. The number of methoxy groups -OCH3 is 1. The van der Waals surface area contributed by atoms with E-state index in [1.807, 2.05) is 0 Å².